The van der Waals surface area contributed by atoms with Gasteiger partial charge in [-0.2, -0.15) is 0 Å². The fourth-order valence-electron chi connectivity index (χ4n) is 3.88. The van der Waals surface area contributed by atoms with Crippen LogP contribution in [0.25, 0.3) is 0 Å². The van der Waals surface area contributed by atoms with Crippen LogP contribution in [0, 0.1) is 19.8 Å². The van der Waals surface area contributed by atoms with Crippen LogP contribution in [-0.2, 0) is 10.0 Å². The summed E-state index contributed by atoms with van der Waals surface area (Å²) >= 11 is 0. The monoisotopic (exact) mass is 414 g/mol. The molecule has 2 aromatic carbocycles. The Kier molecular flexibility index (Phi) is 6.32. The molecule has 6 heteroatoms. The number of hydrogen-bond donors (Lipinski definition) is 1. The van der Waals surface area contributed by atoms with Gasteiger partial charge in [0, 0.05) is 12.1 Å². The second-order valence-corrected chi connectivity index (χ2v) is 10.2. The standard InChI is InChI=1S/C23H30N2O3S/c1-16(2)22(21-11-10-17(3)14-18(21)4)24-23(26)19-8-7-9-20(15-19)25-12-5-6-13-29(25,27)28/h7-11,14-16,22H,5-6,12-13H2,1-4H3,(H,24,26)/t22-/m1/s1. The molecule has 0 radical (unpaired) electrons. The minimum atomic E-state index is -3.31. The SMILES string of the molecule is Cc1ccc([C@H](NC(=O)c2cccc(N3CCCCS3(=O)=O)c2)C(C)C)c(C)c1. The number of benzene rings is 2. The van der Waals surface area contributed by atoms with Crippen molar-refractivity contribution >= 4 is 21.6 Å². The Morgan fingerprint density at radius 2 is 1.83 bits per heavy atom. The average molecular weight is 415 g/mol. The zero-order valence-electron chi connectivity index (χ0n) is 17.6. The van der Waals surface area contributed by atoms with E-state index in [1.54, 1.807) is 24.3 Å². The lowest BCUT2D eigenvalue weighted by Gasteiger charge is -2.29. The molecule has 2 aromatic rings. The quantitative estimate of drug-likeness (QED) is 0.790. The summed E-state index contributed by atoms with van der Waals surface area (Å²) < 4.78 is 26.2. The van der Waals surface area contributed by atoms with E-state index in [1.807, 2.05) is 0 Å². The molecule has 1 saturated heterocycles. The summed E-state index contributed by atoms with van der Waals surface area (Å²) in [7, 11) is -3.31. The van der Waals surface area contributed by atoms with E-state index in [0.717, 1.165) is 17.5 Å². The highest BCUT2D eigenvalue weighted by Crippen LogP contribution is 2.27. The first-order valence-corrected chi connectivity index (χ1v) is 11.8. The van der Waals surface area contributed by atoms with E-state index in [9.17, 15) is 13.2 Å². The van der Waals surface area contributed by atoms with Gasteiger partial charge in [0.2, 0.25) is 10.0 Å². The Morgan fingerprint density at radius 1 is 1.07 bits per heavy atom. The van der Waals surface area contributed by atoms with Crippen molar-refractivity contribution in [1.29, 1.82) is 0 Å². The lowest BCUT2D eigenvalue weighted by molar-refractivity contribution is 0.0925. The Morgan fingerprint density at radius 3 is 2.48 bits per heavy atom. The van der Waals surface area contributed by atoms with Crippen LogP contribution in [0.4, 0.5) is 5.69 Å². The van der Waals surface area contributed by atoms with Crippen LogP contribution in [0.15, 0.2) is 42.5 Å². The number of nitrogens with zero attached hydrogens (tertiary/aromatic N) is 1. The molecule has 1 atom stereocenters. The van der Waals surface area contributed by atoms with E-state index in [0.29, 0.717) is 24.2 Å². The predicted octanol–water partition coefficient (Wildman–Crippen LogP) is 4.36. The van der Waals surface area contributed by atoms with E-state index >= 15 is 0 Å². The van der Waals surface area contributed by atoms with Crippen molar-refractivity contribution < 1.29 is 13.2 Å². The smallest absolute Gasteiger partial charge is 0.251 e. The molecule has 0 spiro atoms. The van der Waals surface area contributed by atoms with Gasteiger partial charge in [0.05, 0.1) is 17.5 Å². The molecule has 0 saturated carbocycles. The fourth-order valence-corrected chi connectivity index (χ4v) is 5.52. The van der Waals surface area contributed by atoms with Gasteiger partial charge in [-0.3, -0.25) is 9.10 Å². The second-order valence-electron chi connectivity index (χ2n) is 8.20. The Hall–Kier alpha value is -2.34. The highest BCUT2D eigenvalue weighted by atomic mass is 32.2. The molecule has 29 heavy (non-hydrogen) atoms. The van der Waals surface area contributed by atoms with E-state index in [-0.39, 0.29) is 23.6 Å². The van der Waals surface area contributed by atoms with Gasteiger partial charge in [0.15, 0.2) is 0 Å². The van der Waals surface area contributed by atoms with Gasteiger partial charge in [0.25, 0.3) is 5.91 Å². The van der Waals surface area contributed by atoms with Gasteiger partial charge in [-0.15, -0.1) is 0 Å². The van der Waals surface area contributed by atoms with Crippen molar-refractivity contribution in [2.75, 3.05) is 16.6 Å². The number of aryl methyl sites for hydroxylation is 2. The van der Waals surface area contributed by atoms with Crippen LogP contribution >= 0.6 is 0 Å². The summed E-state index contributed by atoms with van der Waals surface area (Å²) in [6.07, 6.45) is 1.52. The number of carbonyl (C=O) groups is 1. The molecule has 1 heterocycles. The summed E-state index contributed by atoms with van der Waals surface area (Å²) in [6, 6.07) is 13.0. The van der Waals surface area contributed by atoms with Gasteiger partial charge in [-0.25, -0.2) is 8.42 Å². The van der Waals surface area contributed by atoms with Gasteiger partial charge < -0.3 is 5.32 Å². The molecule has 156 valence electrons. The third-order valence-corrected chi connectivity index (χ3v) is 7.33. The summed E-state index contributed by atoms with van der Waals surface area (Å²) in [6.45, 7) is 8.75. The third-order valence-electron chi connectivity index (χ3n) is 5.46. The second kappa shape index (κ2) is 8.57. The molecule has 1 fully saturated rings. The van der Waals surface area contributed by atoms with Crippen molar-refractivity contribution in [2.24, 2.45) is 5.92 Å². The lowest BCUT2D eigenvalue weighted by Crippen LogP contribution is -2.38. The van der Waals surface area contributed by atoms with E-state index in [4.69, 9.17) is 0 Å². The maximum atomic E-state index is 13.0. The predicted molar refractivity (Wildman–Crippen MR) is 118 cm³/mol. The molecule has 0 aromatic heterocycles. The Balaban J connectivity index is 1.86. The minimum Gasteiger partial charge on any atom is -0.345 e. The van der Waals surface area contributed by atoms with Crippen LogP contribution in [0.2, 0.25) is 0 Å². The summed E-state index contributed by atoms with van der Waals surface area (Å²) in [5, 5.41) is 3.15. The maximum Gasteiger partial charge on any atom is 0.251 e. The topological polar surface area (TPSA) is 66.5 Å². The molecule has 1 N–H and O–H groups in total. The Labute approximate surface area is 174 Å². The van der Waals surface area contributed by atoms with E-state index in [1.165, 1.54) is 9.87 Å². The van der Waals surface area contributed by atoms with Crippen LogP contribution in [-0.4, -0.2) is 26.6 Å². The molecule has 5 nitrogen and oxygen atoms in total. The van der Waals surface area contributed by atoms with Gasteiger partial charge in [0.1, 0.15) is 0 Å². The van der Waals surface area contributed by atoms with E-state index in [2.05, 4.69) is 51.2 Å². The van der Waals surface area contributed by atoms with Crippen LogP contribution in [0.3, 0.4) is 0 Å². The molecule has 0 unspecified atom stereocenters. The van der Waals surface area contributed by atoms with Crippen molar-refractivity contribution in [3.63, 3.8) is 0 Å². The van der Waals surface area contributed by atoms with Crippen molar-refractivity contribution in [3.05, 3.63) is 64.7 Å². The number of hydrogen-bond acceptors (Lipinski definition) is 3. The molecule has 1 aliphatic heterocycles. The first kappa shape index (κ1) is 21.4. The lowest BCUT2D eigenvalue weighted by atomic mass is 9.91. The normalized spacial score (nSPS) is 17.2. The Bertz CT molecular complexity index is 999. The van der Waals surface area contributed by atoms with Gasteiger partial charge in [-0.1, -0.05) is 43.7 Å². The minimum absolute atomic E-state index is 0.120. The fraction of sp³-hybridized carbons (Fsp3) is 0.435. The third kappa shape index (κ3) is 4.81. The molecular formula is C23H30N2O3S. The number of carbonyl (C=O) groups excluding carboxylic acids is 1. The van der Waals surface area contributed by atoms with Gasteiger partial charge in [-0.05, 0) is 61.9 Å². The first-order valence-electron chi connectivity index (χ1n) is 10.2. The van der Waals surface area contributed by atoms with Gasteiger partial charge >= 0.3 is 0 Å². The molecule has 3 rings (SSSR count). The molecular weight excluding hydrogens is 384 g/mol. The summed E-state index contributed by atoms with van der Waals surface area (Å²) in [4.78, 5) is 13.0. The maximum absolute atomic E-state index is 13.0. The number of rotatable bonds is 5. The largest absolute Gasteiger partial charge is 0.345 e. The highest BCUT2D eigenvalue weighted by Gasteiger charge is 2.27. The van der Waals surface area contributed by atoms with E-state index < -0.39 is 10.0 Å². The van der Waals surface area contributed by atoms with Crippen molar-refractivity contribution in [2.45, 2.75) is 46.6 Å². The molecule has 1 aliphatic rings. The number of sulfonamides is 1. The molecule has 1 amide bonds. The van der Waals surface area contributed by atoms with Crippen molar-refractivity contribution in [3.8, 4) is 0 Å². The number of anilines is 1. The summed E-state index contributed by atoms with van der Waals surface area (Å²) in [5.41, 5.74) is 4.48. The van der Waals surface area contributed by atoms with Crippen LogP contribution < -0.4 is 9.62 Å². The van der Waals surface area contributed by atoms with Crippen LogP contribution in [0.5, 0.6) is 0 Å². The van der Waals surface area contributed by atoms with Crippen LogP contribution in [0.1, 0.15) is 59.8 Å². The molecule has 0 aliphatic carbocycles. The average Bonchev–Trinajstić information content (AvgIpc) is 2.66. The molecule has 0 bridgehead atoms. The number of nitrogens with one attached hydrogen (secondary N) is 1. The van der Waals surface area contributed by atoms with Crippen molar-refractivity contribution in [1.82, 2.24) is 5.32 Å². The highest BCUT2D eigenvalue weighted by molar-refractivity contribution is 7.92. The summed E-state index contributed by atoms with van der Waals surface area (Å²) in [5.74, 6) is 0.178. The zero-order valence-corrected chi connectivity index (χ0v) is 18.4. The zero-order chi connectivity index (χ0) is 21.2. The number of amides is 1. The first-order chi connectivity index (χ1) is 13.7.